The minimum atomic E-state index is -3.41. The fraction of sp³-hybridized carbons (Fsp3) is 0.684. The highest BCUT2D eigenvalue weighted by Crippen LogP contribution is 2.22. The summed E-state index contributed by atoms with van der Waals surface area (Å²) in [4.78, 5) is 0.398. The Bertz CT molecular complexity index is 549. The molecule has 0 saturated heterocycles. The van der Waals surface area contributed by atoms with E-state index < -0.39 is 10.0 Å². The number of hydrogen-bond acceptors (Lipinski definition) is 2. The summed E-state index contributed by atoms with van der Waals surface area (Å²) in [5.74, 6) is 0.384. The summed E-state index contributed by atoms with van der Waals surface area (Å²) in [7, 11) is -3.41. The van der Waals surface area contributed by atoms with E-state index >= 15 is 0 Å². The van der Waals surface area contributed by atoms with Crippen LogP contribution in [0.25, 0.3) is 0 Å². The van der Waals surface area contributed by atoms with Crippen molar-refractivity contribution in [2.75, 3.05) is 6.54 Å². The Labute approximate surface area is 143 Å². The van der Waals surface area contributed by atoms with Crippen LogP contribution in [0.5, 0.6) is 0 Å². The van der Waals surface area contributed by atoms with Gasteiger partial charge in [-0.1, -0.05) is 57.2 Å². The van der Waals surface area contributed by atoms with Gasteiger partial charge in [0.05, 0.1) is 4.90 Å². The average Bonchev–Trinajstić information content (AvgIpc) is 2.49. The van der Waals surface area contributed by atoms with Crippen molar-refractivity contribution < 1.29 is 8.42 Å². The number of benzene rings is 1. The largest absolute Gasteiger partial charge is 0.243 e. The molecule has 0 aliphatic rings. The van der Waals surface area contributed by atoms with E-state index in [1.165, 1.54) is 25.7 Å². The third-order valence-corrected chi connectivity index (χ3v) is 6.30. The van der Waals surface area contributed by atoms with E-state index in [0.29, 0.717) is 17.4 Å². The molecule has 0 N–H and O–H groups in total. The van der Waals surface area contributed by atoms with Crippen LogP contribution in [0, 0.1) is 12.8 Å². The van der Waals surface area contributed by atoms with Crippen LogP contribution in [0.4, 0.5) is 0 Å². The molecule has 3 nitrogen and oxygen atoms in total. The Kier molecular flexibility index (Phi) is 8.27. The van der Waals surface area contributed by atoms with Gasteiger partial charge in [-0.15, -0.1) is 0 Å². The molecule has 4 heteroatoms. The average molecular weight is 340 g/mol. The van der Waals surface area contributed by atoms with E-state index in [1.807, 2.05) is 32.9 Å². The van der Waals surface area contributed by atoms with Crippen LogP contribution < -0.4 is 0 Å². The van der Waals surface area contributed by atoms with Gasteiger partial charge in [0.1, 0.15) is 0 Å². The standard InChI is InChI=1S/C19H33NO2S/c1-6-7-8-9-10-18(5)15-20(16(2)3)23(21,22)19-13-11-17(4)12-14-19/h11-14,16,18H,6-10,15H2,1-5H3. The maximum atomic E-state index is 12.9. The van der Waals surface area contributed by atoms with Gasteiger partial charge in [-0.2, -0.15) is 4.31 Å². The second-order valence-electron chi connectivity index (χ2n) is 6.94. The lowest BCUT2D eigenvalue weighted by molar-refractivity contribution is 0.297. The smallest absolute Gasteiger partial charge is 0.207 e. The van der Waals surface area contributed by atoms with Crippen LogP contribution in [0.3, 0.4) is 0 Å². The normalized spacial score (nSPS) is 13.7. The van der Waals surface area contributed by atoms with Crippen molar-refractivity contribution in [1.29, 1.82) is 0 Å². The fourth-order valence-corrected chi connectivity index (χ4v) is 4.51. The van der Waals surface area contributed by atoms with Crippen molar-refractivity contribution in [2.45, 2.75) is 77.7 Å². The molecular weight excluding hydrogens is 306 g/mol. The topological polar surface area (TPSA) is 37.4 Å². The molecule has 0 aromatic heterocycles. The molecule has 23 heavy (non-hydrogen) atoms. The number of rotatable bonds is 10. The number of nitrogens with zero attached hydrogens (tertiary/aromatic N) is 1. The van der Waals surface area contributed by atoms with Gasteiger partial charge in [-0.3, -0.25) is 0 Å². The summed E-state index contributed by atoms with van der Waals surface area (Å²) in [6.45, 7) is 10.8. The summed E-state index contributed by atoms with van der Waals surface area (Å²) in [5.41, 5.74) is 1.07. The lowest BCUT2D eigenvalue weighted by Gasteiger charge is -2.28. The first kappa shape index (κ1) is 20.2. The second-order valence-corrected chi connectivity index (χ2v) is 8.83. The third kappa shape index (κ3) is 6.27. The molecule has 0 aliphatic carbocycles. The number of unbranched alkanes of at least 4 members (excludes halogenated alkanes) is 3. The van der Waals surface area contributed by atoms with Crippen LogP contribution in [-0.2, 0) is 10.0 Å². The summed E-state index contributed by atoms with van der Waals surface area (Å²) >= 11 is 0. The lowest BCUT2D eigenvalue weighted by Crippen LogP contribution is -2.39. The van der Waals surface area contributed by atoms with E-state index in [-0.39, 0.29) is 6.04 Å². The van der Waals surface area contributed by atoms with Gasteiger partial charge in [-0.05, 0) is 45.2 Å². The highest BCUT2D eigenvalue weighted by Gasteiger charge is 2.28. The van der Waals surface area contributed by atoms with Gasteiger partial charge in [0.2, 0.25) is 10.0 Å². The summed E-state index contributed by atoms with van der Waals surface area (Å²) in [6, 6.07) is 7.12. The van der Waals surface area contributed by atoms with Crippen LogP contribution in [0.15, 0.2) is 29.2 Å². The lowest BCUT2D eigenvalue weighted by atomic mass is 10.0. The van der Waals surface area contributed by atoms with Gasteiger partial charge in [0, 0.05) is 12.6 Å². The first-order valence-electron chi connectivity index (χ1n) is 8.87. The van der Waals surface area contributed by atoms with Crippen LogP contribution in [0.2, 0.25) is 0 Å². The van der Waals surface area contributed by atoms with Gasteiger partial charge >= 0.3 is 0 Å². The minimum Gasteiger partial charge on any atom is -0.207 e. The zero-order valence-corrected chi connectivity index (χ0v) is 16.2. The minimum absolute atomic E-state index is 0.0283. The predicted octanol–water partition coefficient (Wildman–Crippen LogP) is 5.00. The quantitative estimate of drug-likeness (QED) is 0.562. The van der Waals surface area contributed by atoms with Crippen molar-refractivity contribution in [3.8, 4) is 0 Å². The van der Waals surface area contributed by atoms with Gasteiger partial charge < -0.3 is 0 Å². The molecule has 0 spiro atoms. The SMILES string of the molecule is CCCCCCC(C)CN(C(C)C)S(=O)(=O)c1ccc(C)cc1. The number of sulfonamides is 1. The molecule has 1 rings (SSSR count). The zero-order chi connectivity index (χ0) is 17.5. The number of hydrogen-bond donors (Lipinski definition) is 0. The van der Waals surface area contributed by atoms with Gasteiger partial charge in [-0.25, -0.2) is 8.42 Å². The summed E-state index contributed by atoms with van der Waals surface area (Å²) in [6.07, 6.45) is 6.02. The number of aryl methyl sites for hydroxylation is 1. The summed E-state index contributed by atoms with van der Waals surface area (Å²) < 4.78 is 27.5. The predicted molar refractivity (Wildman–Crippen MR) is 98.1 cm³/mol. The van der Waals surface area contributed by atoms with Crippen molar-refractivity contribution in [2.24, 2.45) is 5.92 Å². The van der Waals surface area contributed by atoms with Gasteiger partial charge in [0.15, 0.2) is 0 Å². The van der Waals surface area contributed by atoms with Crippen molar-refractivity contribution in [3.05, 3.63) is 29.8 Å². The maximum Gasteiger partial charge on any atom is 0.243 e. The summed E-state index contributed by atoms with van der Waals surface area (Å²) in [5, 5.41) is 0. The van der Waals surface area contributed by atoms with E-state index in [9.17, 15) is 8.42 Å². The maximum absolute atomic E-state index is 12.9. The Morgan fingerprint density at radius 3 is 2.13 bits per heavy atom. The second kappa shape index (κ2) is 9.43. The molecule has 1 aromatic carbocycles. The van der Waals surface area contributed by atoms with Crippen LogP contribution in [0.1, 0.15) is 65.4 Å². The van der Waals surface area contributed by atoms with Crippen molar-refractivity contribution in [1.82, 2.24) is 4.31 Å². The fourth-order valence-electron chi connectivity index (χ4n) is 2.75. The molecule has 132 valence electrons. The molecular formula is C19H33NO2S. The highest BCUT2D eigenvalue weighted by molar-refractivity contribution is 7.89. The van der Waals surface area contributed by atoms with Crippen molar-refractivity contribution >= 4 is 10.0 Å². The molecule has 0 radical (unpaired) electrons. The zero-order valence-electron chi connectivity index (χ0n) is 15.4. The molecule has 1 aromatic rings. The van der Waals surface area contributed by atoms with E-state index in [0.717, 1.165) is 12.0 Å². The molecule has 1 atom stereocenters. The monoisotopic (exact) mass is 339 g/mol. The van der Waals surface area contributed by atoms with E-state index in [2.05, 4.69) is 13.8 Å². The molecule has 0 heterocycles. The molecule has 0 saturated carbocycles. The Balaban J connectivity index is 2.78. The molecule has 1 unspecified atom stereocenters. The van der Waals surface area contributed by atoms with E-state index in [4.69, 9.17) is 0 Å². The molecule has 0 bridgehead atoms. The Morgan fingerprint density at radius 2 is 1.61 bits per heavy atom. The first-order chi connectivity index (χ1) is 10.8. The third-order valence-electron chi connectivity index (χ3n) is 4.25. The van der Waals surface area contributed by atoms with Crippen LogP contribution in [-0.4, -0.2) is 25.3 Å². The molecule has 0 aliphatic heterocycles. The Hall–Kier alpha value is -0.870. The van der Waals surface area contributed by atoms with Crippen LogP contribution >= 0.6 is 0 Å². The van der Waals surface area contributed by atoms with E-state index in [1.54, 1.807) is 16.4 Å². The molecule has 0 fully saturated rings. The van der Waals surface area contributed by atoms with Gasteiger partial charge in [0.25, 0.3) is 0 Å². The molecule has 0 amide bonds. The Morgan fingerprint density at radius 1 is 1.00 bits per heavy atom. The first-order valence-corrected chi connectivity index (χ1v) is 10.3. The highest BCUT2D eigenvalue weighted by atomic mass is 32.2. The van der Waals surface area contributed by atoms with Crippen molar-refractivity contribution in [3.63, 3.8) is 0 Å².